The van der Waals surface area contributed by atoms with Crippen molar-refractivity contribution >= 4 is 12.6 Å². The zero-order valence-corrected chi connectivity index (χ0v) is 7.16. The van der Waals surface area contributed by atoms with Gasteiger partial charge < -0.3 is 0 Å². The number of benzene rings is 1. The first kappa shape index (κ1) is 7.67. The van der Waals surface area contributed by atoms with E-state index in [-0.39, 0.29) is 0 Å². The van der Waals surface area contributed by atoms with Crippen LogP contribution in [0.5, 0.6) is 0 Å². The van der Waals surface area contributed by atoms with Crippen LogP contribution in [0.4, 0.5) is 0 Å². The number of aryl methyl sites for hydroxylation is 2. The Labute approximate surface area is 67.7 Å². The number of hydrogen-bond acceptors (Lipinski definition) is 0. The summed E-state index contributed by atoms with van der Waals surface area (Å²) < 4.78 is 0. The first-order valence-electron chi connectivity index (χ1n) is 3.38. The van der Waals surface area contributed by atoms with Gasteiger partial charge in [0.15, 0.2) is 0 Å². The van der Waals surface area contributed by atoms with Crippen LogP contribution in [0.3, 0.4) is 0 Å². The van der Waals surface area contributed by atoms with Crippen LogP contribution in [0.1, 0.15) is 16.7 Å². The lowest BCUT2D eigenvalue weighted by Gasteiger charge is -2.01. The van der Waals surface area contributed by atoms with Gasteiger partial charge in [-0.25, -0.2) is 0 Å². The quantitative estimate of drug-likeness (QED) is 0.579. The van der Waals surface area contributed by atoms with Crippen LogP contribution in [0.2, 0.25) is 0 Å². The van der Waals surface area contributed by atoms with E-state index in [0.717, 1.165) is 5.75 Å². The molecule has 0 aliphatic rings. The summed E-state index contributed by atoms with van der Waals surface area (Å²) in [6.07, 6.45) is 0. The van der Waals surface area contributed by atoms with Crippen LogP contribution in [0, 0.1) is 13.8 Å². The summed E-state index contributed by atoms with van der Waals surface area (Å²) in [5, 5.41) is 0. The van der Waals surface area contributed by atoms with E-state index in [1.54, 1.807) is 0 Å². The molecule has 0 aromatic heterocycles. The van der Waals surface area contributed by atoms with Crippen molar-refractivity contribution in [1.29, 1.82) is 0 Å². The Morgan fingerprint density at radius 1 is 1.30 bits per heavy atom. The first-order chi connectivity index (χ1) is 4.74. The maximum Gasteiger partial charge on any atom is 0.0291 e. The van der Waals surface area contributed by atoms with Gasteiger partial charge in [0, 0.05) is 5.75 Å². The minimum absolute atomic E-state index is 0.730. The fraction of sp³-hybridized carbons (Fsp3) is 0.333. The Bertz CT molecular complexity index is 228. The van der Waals surface area contributed by atoms with Crippen molar-refractivity contribution in [2.45, 2.75) is 19.6 Å². The molecule has 0 spiro atoms. The second-order valence-electron chi connectivity index (χ2n) is 2.57. The average Bonchev–Trinajstić information content (AvgIpc) is 1.94. The van der Waals surface area contributed by atoms with Gasteiger partial charge in [0.05, 0.1) is 0 Å². The molecule has 1 radical (unpaired) electrons. The molecule has 1 rings (SSSR count). The van der Waals surface area contributed by atoms with Crippen molar-refractivity contribution in [3.05, 3.63) is 34.9 Å². The SMILES string of the molecule is Cc1ccc(C)c(C[S])c1. The highest BCUT2D eigenvalue weighted by Crippen LogP contribution is 2.11. The molecule has 0 nitrogen and oxygen atoms in total. The minimum Gasteiger partial charge on any atom is -0.0890 e. The van der Waals surface area contributed by atoms with E-state index in [9.17, 15) is 0 Å². The minimum atomic E-state index is 0.730. The lowest BCUT2D eigenvalue weighted by Crippen LogP contribution is -1.84. The van der Waals surface area contributed by atoms with Gasteiger partial charge in [-0.05, 0) is 25.0 Å². The summed E-state index contributed by atoms with van der Waals surface area (Å²) in [7, 11) is 0. The molecule has 0 saturated heterocycles. The highest BCUT2D eigenvalue weighted by atomic mass is 32.1. The van der Waals surface area contributed by atoms with E-state index in [2.05, 4.69) is 32.0 Å². The summed E-state index contributed by atoms with van der Waals surface area (Å²) in [5.41, 5.74) is 3.89. The van der Waals surface area contributed by atoms with E-state index in [1.807, 2.05) is 0 Å². The third-order valence-electron chi connectivity index (χ3n) is 1.66. The third kappa shape index (κ3) is 1.54. The predicted molar refractivity (Wildman–Crippen MR) is 47.2 cm³/mol. The Kier molecular flexibility index (Phi) is 2.39. The second-order valence-corrected chi connectivity index (χ2v) is 2.86. The van der Waals surface area contributed by atoms with Gasteiger partial charge in [0.2, 0.25) is 0 Å². The molecule has 1 aromatic rings. The highest BCUT2D eigenvalue weighted by Gasteiger charge is 1.94. The lowest BCUT2D eigenvalue weighted by atomic mass is 10.1. The first-order valence-corrected chi connectivity index (χ1v) is 3.96. The normalized spacial score (nSPS) is 9.90. The van der Waals surface area contributed by atoms with Crippen LogP contribution in [-0.2, 0) is 5.75 Å². The Hall–Kier alpha value is -0.430. The van der Waals surface area contributed by atoms with Gasteiger partial charge in [-0.15, -0.1) is 0 Å². The molecule has 0 bridgehead atoms. The topological polar surface area (TPSA) is 0 Å². The fourth-order valence-corrected chi connectivity index (χ4v) is 1.27. The van der Waals surface area contributed by atoms with Crippen molar-refractivity contribution < 1.29 is 0 Å². The van der Waals surface area contributed by atoms with E-state index >= 15 is 0 Å². The van der Waals surface area contributed by atoms with Crippen molar-refractivity contribution in [3.8, 4) is 0 Å². The summed E-state index contributed by atoms with van der Waals surface area (Å²) in [6.45, 7) is 4.19. The van der Waals surface area contributed by atoms with E-state index in [4.69, 9.17) is 12.6 Å². The van der Waals surface area contributed by atoms with Gasteiger partial charge >= 0.3 is 0 Å². The van der Waals surface area contributed by atoms with Gasteiger partial charge in [-0.3, -0.25) is 0 Å². The molecule has 1 heteroatoms. The summed E-state index contributed by atoms with van der Waals surface area (Å²) >= 11 is 4.97. The molecule has 0 amide bonds. The fourth-order valence-electron chi connectivity index (χ4n) is 0.956. The molecular formula is C9H11S. The smallest absolute Gasteiger partial charge is 0.0291 e. The molecular weight excluding hydrogens is 140 g/mol. The van der Waals surface area contributed by atoms with Crippen LogP contribution in [-0.4, -0.2) is 0 Å². The molecule has 0 atom stereocenters. The summed E-state index contributed by atoms with van der Waals surface area (Å²) in [5.74, 6) is 0.730. The van der Waals surface area contributed by atoms with Crippen molar-refractivity contribution in [3.63, 3.8) is 0 Å². The zero-order chi connectivity index (χ0) is 7.56. The van der Waals surface area contributed by atoms with Crippen LogP contribution in [0.25, 0.3) is 0 Å². The standard InChI is InChI=1S/C9H11S/c1-7-3-4-8(2)9(5-7)6-10/h3-5H,6H2,1-2H3. The van der Waals surface area contributed by atoms with Crippen LogP contribution in [0.15, 0.2) is 18.2 Å². The largest absolute Gasteiger partial charge is 0.0890 e. The lowest BCUT2D eigenvalue weighted by molar-refractivity contribution is 1.28. The van der Waals surface area contributed by atoms with Crippen LogP contribution < -0.4 is 0 Å². The number of rotatable bonds is 1. The zero-order valence-electron chi connectivity index (χ0n) is 6.35. The average molecular weight is 151 g/mol. The molecule has 0 aliphatic carbocycles. The van der Waals surface area contributed by atoms with Gasteiger partial charge in [-0.1, -0.05) is 36.4 Å². The summed E-state index contributed by atoms with van der Waals surface area (Å²) in [6, 6.07) is 6.39. The Balaban J connectivity index is 3.09. The van der Waals surface area contributed by atoms with Gasteiger partial charge in [0.25, 0.3) is 0 Å². The van der Waals surface area contributed by atoms with Crippen molar-refractivity contribution in [1.82, 2.24) is 0 Å². The van der Waals surface area contributed by atoms with Crippen molar-refractivity contribution in [2.24, 2.45) is 0 Å². The molecule has 0 unspecified atom stereocenters. The monoisotopic (exact) mass is 151 g/mol. The highest BCUT2D eigenvalue weighted by molar-refractivity contribution is 7.79. The van der Waals surface area contributed by atoms with E-state index in [0.29, 0.717) is 0 Å². The molecule has 0 fully saturated rings. The molecule has 10 heavy (non-hydrogen) atoms. The predicted octanol–water partition coefficient (Wildman–Crippen LogP) is 3.00. The van der Waals surface area contributed by atoms with Gasteiger partial charge in [-0.2, -0.15) is 0 Å². The van der Waals surface area contributed by atoms with E-state index < -0.39 is 0 Å². The maximum absolute atomic E-state index is 4.97. The third-order valence-corrected chi connectivity index (χ3v) is 1.97. The summed E-state index contributed by atoms with van der Waals surface area (Å²) in [4.78, 5) is 0. The Morgan fingerprint density at radius 2 is 2.00 bits per heavy atom. The number of hydrogen-bond donors (Lipinski definition) is 0. The molecule has 1 aromatic carbocycles. The van der Waals surface area contributed by atoms with Crippen LogP contribution >= 0.6 is 12.6 Å². The van der Waals surface area contributed by atoms with Crippen molar-refractivity contribution in [2.75, 3.05) is 0 Å². The Morgan fingerprint density at radius 3 is 2.50 bits per heavy atom. The second kappa shape index (κ2) is 3.11. The van der Waals surface area contributed by atoms with E-state index in [1.165, 1.54) is 16.7 Å². The molecule has 0 heterocycles. The molecule has 53 valence electrons. The molecule has 0 N–H and O–H groups in total. The molecule has 0 aliphatic heterocycles. The maximum atomic E-state index is 4.97. The van der Waals surface area contributed by atoms with Gasteiger partial charge in [0.1, 0.15) is 0 Å². The molecule has 0 saturated carbocycles.